The van der Waals surface area contributed by atoms with Gasteiger partial charge in [-0.05, 0) is 55.0 Å². The van der Waals surface area contributed by atoms with Gasteiger partial charge in [0.25, 0.3) is 0 Å². The summed E-state index contributed by atoms with van der Waals surface area (Å²) in [5.74, 6) is 0. The van der Waals surface area contributed by atoms with Gasteiger partial charge in [0.2, 0.25) is 0 Å². The molecule has 1 aromatic heterocycles. The van der Waals surface area contributed by atoms with Crippen molar-refractivity contribution in [1.82, 2.24) is 15.1 Å². The van der Waals surface area contributed by atoms with E-state index in [1.807, 2.05) is 0 Å². The average Bonchev–Trinajstić information content (AvgIpc) is 2.71. The van der Waals surface area contributed by atoms with Crippen LogP contribution in [-0.4, -0.2) is 27.5 Å². The maximum Gasteiger partial charge on any atom is 0.0858 e. The Morgan fingerprint density at radius 2 is 1.95 bits per heavy atom. The van der Waals surface area contributed by atoms with Crippen LogP contribution in [0.15, 0.2) is 0 Å². The first-order valence-electron chi connectivity index (χ1n) is 8.08. The van der Waals surface area contributed by atoms with E-state index in [-0.39, 0.29) is 17.2 Å². The fraction of sp³-hybridized carbons (Fsp3) is 0.824. The lowest BCUT2D eigenvalue weighted by atomic mass is 9.94. The molecule has 0 amide bonds. The zero-order valence-corrected chi connectivity index (χ0v) is 14.9. The van der Waals surface area contributed by atoms with Crippen molar-refractivity contribution in [3.8, 4) is 0 Å². The van der Waals surface area contributed by atoms with Gasteiger partial charge >= 0.3 is 0 Å². The molecule has 21 heavy (non-hydrogen) atoms. The number of nitrogens with zero attached hydrogens (tertiary/aromatic N) is 2. The lowest BCUT2D eigenvalue weighted by Crippen LogP contribution is -2.32. The summed E-state index contributed by atoms with van der Waals surface area (Å²) in [6.07, 6.45) is 0.997. The molecule has 1 aliphatic heterocycles. The predicted molar refractivity (Wildman–Crippen MR) is 86.7 cm³/mol. The first-order chi connectivity index (χ1) is 9.59. The van der Waals surface area contributed by atoms with E-state index in [2.05, 4.69) is 65.4 Å². The van der Waals surface area contributed by atoms with Gasteiger partial charge in [-0.3, -0.25) is 4.68 Å². The lowest BCUT2D eigenvalue weighted by Gasteiger charge is -2.28. The van der Waals surface area contributed by atoms with E-state index in [1.165, 1.54) is 11.3 Å². The van der Waals surface area contributed by atoms with E-state index < -0.39 is 0 Å². The third-order valence-electron chi connectivity index (χ3n) is 4.65. The van der Waals surface area contributed by atoms with Gasteiger partial charge in [-0.2, -0.15) is 5.10 Å². The minimum atomic E-state index is -0.189. The largest absolute Gasteiger partial charge is 0.367 e. The summed E-state index contributed by atoms with van der Waals surface area (Å²) in [6.45, 7) is 18.3. The number of hydrogen-bond acceptors (Lipinski definition) is 3. The summed E-state index contributed by atoms with van der Waals surface area (Å²) in [4.78, 5) is 0. The molecule has 1 aliphatic rings. The molecule has 1 fully saturated rings. The van der Waals surface area contributed by atoms with Crippen LogP contribution in [-0.2, 0) is 4.74 Å². The van der Waals surface area contributed by atoms with Crippen LogP contribution in [0.2, 0.25) is 0 Å². The maximum absolute atomic E-state index is 6.24. The highest BCUT2D eigenvalue weighted by Gasteiger charge is 2.48. The molecule has 4 heteroatoms. The minimum absolute atomic E-state index is 0.0894. The number of aromatic nitrogens is 2. The molecule has 1 aromatic rings. The molecule has 0 aliphatic carbocycles. The molecule has 0 bridgehead atoms. The number of aryl methyl sites for hydroxylation is 1. The van der Waals surface area contributed by atoms with Gasteiger partial charge in [-0.25, -0.2) is 0 Å². The second kappa shape index (κ2) is 5.40. The molecule has 120 valence electrons. The van der Waals surface area contributed by atoms with E-state index in [4.69, 9.17) is 9.84 Å². The Labute approximate surface area is 129 Å². The molecule has 1 saturated heterocycles. The molecule has 2 atom stereocenters. The van der Waals surface area contributed by atoms with Crippen LogP contribution in [0, 0.1) is 13.8 Å². The molecule has 0 radical (unpaired) electrons. The Hall–Kier alpha value is -0.870. The smallest absolute Gasteiger partial charge is 0.0858 e. The van der Waals surface area contributed by atoms with Crippen LogP contribution in [0.4, 0.5) is 0 Å². The summed E-state index contributed by atoms with van der Waals surface area (Å²) < 4.78 is 8.44. The molecule has 2 unspecified atom stereocenters. The normalized spacial score (nSPS) is 25.2. The van der Waals surface area contributed by atoms with Gasteiger partial charge in [0.15, 0.2) is 0 Å². The first-order valence-corrected chi connectivity index (χ1v) is 8.08. The molecule has 0 saturated carbocycles. The molecule has 2 heterocycles. The second-order valence-electron chi connectivity index (χ2n) is 7.49. The summed E-state index contributed by atoms with van der Waals surface area (Å²) in [6, 6.07) is 0.621. The van der Waals surface area contributed by atoms with Crippen molar-refractivity contribution in [1.29, 1.82) is 0 Å². The number of rotatable bonds is 4. The highest BCUT2D eigenvalue weighted by molar-refractivity contribution is 5.29. The SMILES string of the molecule is CCNC(C)c1c(C)nn(C2CC(C)(C)OC2(C)C)c1C. The number of hydrogen-bond donors (Lipinski definition) is 1. The van der Waals surface area contributed by atoms with E-state index >= 15 is 0 Å². The maximum atomic E-state index is 6.24. The lowest BCUT2D eigenvalue weighted by molar-refractivity contribution is -0.0739. The molecule has 2 rings (SSSR count). The van der Waals surface area contributed by atoms with Crippen molar-refractivity contribution in [2.75, 3.05) is 6.54 Å². The van der Waals surface area contributed by atoms with Gasteiger partial charge < -0.3 is 10.1 Å². The standard InChI is InChI=1S/C17H31N3O/c1-9-18-11(2)15-12(3)19-20(13(15)4)14-10-16(5,6)21-17(14,7)8/h11,14,18H,9-10H2,1-8H3. The van der Waals surface area contributed by atoms with Crippen molar-refractivity contribution < 1.29 is 4.74 Å². The molecule has 0 spiro atoms. The van der Waals surface area contributed by atoms with Crippen molar-refractivity contribution >= 4 is 0 Å². The van der Waals surface area contributed by atoms with E-state index in [0.717, 1.165) is 18.7 Å². The Morgan fingerprint density at radius 1 is 1.33 bits per heavy atom. The van der Waals surface area contributed by atoms with Crippen molar-refractivity contribution in [2.45, 2.75) is 85.1 Å². The van der Waals surface area contributed by atoms with Crippen molar-refractivity contribution in [2.24, 2.45) is 0 Å². The highest BCUT2D eigenvalue weighted by atomic mass is 16.5. The average molecular weight is 293 g/mol. The van der Waals surface area contributed by atoms with Crippen molar-refractivity contribution in [3.05, 3.63) is 17.0 Å². The quantitative estimate of drug-likeness (QED) is 0.920. The van der Waals surface area contributed by atoms with E-state index in [9.17, 15) is 0 Å². The molecule has 4 nitrogen and oxygen atoms in total. The first kappa shape index (κ1) is 16.5. The van der Waals surface area contributed by atoms with Gasteiger partial charge in [-0.1, -0.05) is 6.92 Å². The molecule has 1 N–H and O–H groups in total. The number of ether oxygens (including phenoxy) is 1. The summed E-state index contributed by atoms with van der Waals surface area (Å²) >= 11 is 0. The predicted octanol–water partition coefficient (Wildman–Crippen LogP) is 3.69. The van der Waals surface area contributed by atoms with Crippen LogP contribution in [0.1, 0.15) is 77.0 Å². The van der Waals surface area contributed by atoms with Gasteiger partial charge in [0, 0.05) is 23.7 Å². The Bertz CT molecular complexity index is 516. The Kier molecular flexibility index (Phi) is 4.24. The Morgan fingerprint density at radius 3 is 2.43 bits per heavy atom. The summed E-state index contributed by atoms with van der Waals surface area (Å²) in [5.41, 5.74) is 3.44. The third-order valence-corrected chi connectivity index (χ3v) is 4.65. The summed E-state index contributed by atoms with van der Waals surface area (Å²) in [5, 5.41) is 8.35. The fourth-order valence-electron chi connectivity index (χ4n) is 3.93. The molecular formula is C17H31N3O. The van der Waals surface area contributed by atoms with Gasteiger partial charge in [0.1, 0.15) is 0 Å². The van der Waals surface area contributed by atoms with Crippen LogP contribution >= 0.6 is 0 Å². The minimum Gasteiger partial charge on any atom is -0.367 e. The molecular weight excluding hydrogens is 262 g/mol. The van der Waals surface area contributed by atoms with Crippen LogP contribution < -0.4 is 5.32 Å². The van der Waals surface area contributed by atoms with E-state index in [0.29, 0.717) is 6.04 Å². The fourth-order valence-corrected chi connectivity index (χ4v) is 3.93. The molecule has 0 aromatic carbocycles. The third kappa shape index (κ3) is 3.02. The Balaban J connectivity index is 2.40. The van der Waals surface area contributed by atoms with Crippen molar-refractivity contribution in [3.63, 3.8) is 0 Å². The zero-order chi connectivity index (χ0) is 16.0. The number of nitrogens with one attached hydrogen (secondary N) is 1. The monoisotopic (exact) mass is 293 g/mol. The highest BCUT2D eigenvalue weighted by Crippen LogP contribution is 2.45. The topological polar surface area (TPSA) is 39.1 Å². The van der Waals surface area contributed by atoms with Crippen LogP contribution in [0.3, 0.4) is 0 Å². The second-order valence-corrected chi connectivity index (χ2v) is 7.49. The van der Waals surface area contributed by atoms with Crippen LogP contribution in [0.25, 0.3) is 0 Å². The van der Waals surface area contributed by atoms with Gasteiger partial charge in [-0.15, -0.1) is 0 Å². The van der Waals surface area contributed by atoms with Gasteiger partial charge in [0.05, 0.1) is 22.9 Å². The summed E-state index contributed by atoms with van der Waals surface area (Å²) in [7, 11) is 0. The zero-order valence-electron chi connectivity index (χ0n) is 14.9. The van der Waals surface area contributed by atoms with Crippen LogP contribution in [0.5, 0.6) is 0 Å². The van der Waals surface area contributed by atoms with E-state index in [1.54, 1.807) is 0 Å².